The van der Waals surface area contributed by atoms with Crippen LogP contribution in [-0.2, 0) is 19.3 Å². The van der Waals surface area contributed by atoms with Gasteiger partial charge in [0.15, 0.2) is 5.69 Å². The third kappa shape index (κ3) is 4.83. The van der Waals surface area contributed by atoms with Crippen LogP contribution < -0.4 is 4.90 Å². The number of hydrogen-bond donors (Lipinski definition) is 0. The Balaban J connectivity index is 1.84. The highest BCUT2D eigenvalue weighted by Gasteiger charge is 2.41. The van der Waals surface area contributed by atoms with Crippen molar-refractivity contribution in [1.82, 2.24) is 14.7 Å². The van der Waals surface area contributed by atoms with Crippen LogP contribution in [0.4, 0.5) is 19.0 Å². The molecular formula is C25H23F3N4O2. The average Bonchev–Trinajstić information content (AvgIpc) is 3.47. The first-order valence-electron chi connectivity index (χ1n) is 10.5. The molecule has 0 saturated heterocycles. The van der Waals surface area contributed by atoms with E-state index in [4.69, 9.17) is 4.42 Å². The molecule has 0 N–H and O–H groups in total. The van der Waals surface area contributed by atoms with E-state index in [0.29, 0.717) is 17.0 Å². The molecule has 9 heteroatoms. The molecule has 0 fully saturated rings. The average molecular weight is 468 g/mol. The summed E-state index contributed by atoms with van der Waals surface area (Å²) in [7, 11) is 3.30. The first kappa shape index (κ1) is 23.2. The highest BCUT2D eigenvalue weighted by atomic mass is 19.4. The van der Waals surface area contributed by atoms with Crippen LogP contribution in [0.3, 0.4) is 0 Å². The van der Waals surface area contributed by atoms with E-state index < -0.39 is 17.8 Å². The molecule has 2 aromatic heterocycles. The summed E-state index contributed by atoms with van der Waals surface area (Å²) in [6, 6.07) is 20.4. The standard InChI is InChI=1S/C25H23F3N4O2/c1-30(2)23-21(22(25(26,27)28)29-32(23)19-12-7-4-8-13-19)17-31(16-20-14-9-15-34-20)24(33)18-10-5-3-6-11-18/h3-15H,16-17H2,1-2H3. The minimum absolute atomic E-state index is 0.00140. The van der Waals surface area contributed by atoms with Crippen LogP contribution in [0.25, 0.3) is 5.69 Å². The number of alkyl halides is 3. The van der Waals surface area contributed by atoms with Crippen LogP contribution >= 0.6 is 0 Å². The fraction of sp³-hybridized carbons (Fsp3) is 0.200. The summed E-state index contributed by atoms with van der Waals surface area (Å²) in [6.07, 6.45) is -3.26. The smallest absolute Gasteiger partial charge is 0.435 e. The second kappa shape index (κ2) is 9.46. The van der Waals surface area contributed by atoms with E-state index in [2.05, 4.69) is 5.10 Å². The molecule has 4 rings (SSSR count). The number of amides is 1. The summed E-state index contributed by atoms with van der Waals surface area (Å²) in [5.74, 6) is 0.283. The quantitative estimate of drug-likeness (QED) is 0.365. The molecule has 0 spiro atoms. The van der Waals surface area contributed by atoms with Crippen molar-refractivity contribution in [3.8, 4) is 5.69 Å². The molecule has 0 radical (unpaired) electrons. The number of aromatic nitrogens is 2. The van der Waals surface area contributed by atoms with Crippen LogP contribution in [-0.4, -0.2) is 34.7 Å². The summed E-state index contributed by atoms with van der Waals surface area (Å²) in [4.78, 5) is 16.3. The van der Waals surface area contributed by atoms with Gasteiger partial charge in [0, 0.05) is 25.2 Å². The fourth-order valence-corrected chi connectivity index (χ4v) is 3.77. The maximum atomic E-state index is 14.2. The molecule has 6 nitrogen and oxygen atoms in total. The van der Waals surface area contributed by atoms with Gasteiger partial charge in [-0.3, -0.25) is 4.79 Å². The van der Waals surface area contributed by atoms with Crippen molar-refractivity contribution in [1.29, 1.82) is 0 Å². The topological polar surface area (TPSA) is 54.5 Å². The van der Waals surface area contributed by atoms with Crippen LogP contribution in [0.2, 0.25) is 0 Å². The maximum absolute atomic E-state index is 14.2. The summed E-state index contributed by atoms with van der Waals surface area (Å²) >= 11 is 0. The molecule has 0 saturated carbocycles. The zero-order valence-corrected chi connectivity index (χ0v) is 18.7. The fourth-order valence-electron chi connectivity index (χ4n) is 3.77. The van der Waals surface area contributed by atoms with E-state index in [1.807, 2.05) is 0 Å². The minimum atomic E-state index is -4.72. The summed E-state index contributed by atoms with van der Waals surface area (Å²) in [5.41, 5.74) is -0.290. The molecule has 0 aliphatic rings. The number of rotatable bonds is 7. The van der Waals surface area contributed by atoms with Crippen molar-refractivity contribution < 1.29 is 22.4 Å². The number of hydrogen-bond acceptors (Lipinski definition) is 4. The number of anilines is 1. The molecule has 0 unspecified atom stereocenters. The molecule has 34 heavy (non-hydrogen) atoms. The largest absolute Gasteiger partial charge is 0.467 e. The lowest BCUT2D eigenvalue weighted by Gasteiger charge is -2.24. The monoisotopic (exact) mass is 468 g/mol. The van der Waals surface area contributed by atoms with Gasteiger partial charge in [-0.25, -0.2) is 4.68 Å². The van der Waals surface area contributed by atoms with Gasteiger partial charge in [-0.05, 0) is 36.4 Å². The predicted octanol–water partition coefficient (Wildman–Crippen LogP) is 5.39. The third-order valence-electron chi connectivity index (χ3n) is 5.23. The number of furan rings is 1. The first-order chi connectivity index (χ1) is 16.3. The van der Waals surface area contributed by atoms with Crippen LogP contribution in [0.1, 0.15) is 27.4 Å². The number of carbonyl (C=O) groups excluding carboxylic acids is 1. The van der Waals surface area contributed by atoms with Crippen molar-refractivity contribution in [3.05, 3.63) is 102 Å². The van der Waals surface area contributed by atoms with Gasteiger partial charge in [0.2, 0.25) is 0 Å². The number of carbonyl (C=O) groups is 1. The Morgan fingerprint density at radius 2 is 1.59 bits per heavy atom. The van der Waals surface area contributed by atoms with Crippen LogP contribution in [0.15, 0.2) is 83.5 Å². The molecule has 2 heterocycles. The lowest BCUT2D eigenvalue weighted by molar-refractivity contribution is -0.142. The Kier molecular flexibility index (Phi) is 6.45. The Hall–Kier alpha value is -4.01. The second-order valence-corrected chi connectivity index (χ2v) is 7.90. The van der Waals surface area contributed by atoms with E-state index in [-0.39, 0.29) is 24.5 Å². The highest BCUT2D eigenvalue weighted by Crippen LogP contribution is 2.38. The van der Waals surface area contributed by atoms with Crippen LogP contribution in [0, 0.1) is 0 Å². The summed E-state index contributed by atoms with van der Waals surface area (Å²) in [5, 5.41) is 3.94. The number of nitrogens with zero attached hydrogens (tertiary/aromatic N) is 4. The van der Waals surface area contributed by atoms with Gasteiger partial charge in [0.1, 0.15) is 11.6 Å². The Morgan fingerprint density at radius 3 is 2.15 bits per heavy atom. The summed E-state index contributed by atoms with van der Waals surface area (Å²) in [6.45, 7) is -0.314. The number of halogens is 3. The normalized spacial score (nSPS) is 11.4. The van der Waals surface area contributed by atoms with Gasteiger partial charge < -0.3 is 14.2 Å². The van der Waals surface area contributed by atoms with Gasteiger partial charge in [-0.1, -0.05) is 36.4 Å². The highest BCUT2D eigenvalue weighted by molar-refractivity contribution is 5.94. The zero-order valence-electron chi connectivity index (χ0n) is 18.7. The zero-order chi connectivity index (χ0) is 24.3. The molecular weight excluding hydrogens is 445 g/mol. The van der Waals surface area contributed by atoms with Crippen LogP contribution in [0.5, 0.6) is 0 Å². The molecule has 176 valence electrons. The van der Waals surface area contributed by atoms with E-state index >= 15 is 0 Å². The van der Waals surface area contributed by atoms with Gasteiger partial charge in [0.05, 0.1) is 25.0 Å². The predicted molar refractivity (Wildman–Crippen MR) is 122 cm³/mol. The number of benzene rings is 2. The Morgan fingerprint density at radius 1 is 0.941 bits per heavy atom. The van der Waals surface area contributed by atoms with E-state index in [0.717, 1.165) is 0 Å². The van der Waals surface area contributed by atoms with Gasteiger partial charge in [-0.2, -0.15) is 18.3 Å². The Bertz CT molecular complexity index is 1230. The van der Waals surface area contributed by atoms with E-state index in [1.54, 1.807) is 91.8 Å². The second-order valence-electron chi connectivity index (χ2n) is 7.90. The molecule has 2 aromatic carbocycles. The van der Waals surface area contributed by atoms with E-state index in [9.17, 15) is 18.0 Å². The lowest BCUT2D eigenvalue weighted by Crippen LogP contribution is -2.31. The third-order valence-corrected chi connectivity index (χ3v) is 5.23. The molecule has 0 bridgehead atoms. The number of para-hydroxylation sites is 1. The van der Waals surface area contributed by atoms with Crippen molar-refractivity contribution >= 4 is 11.7 Å². The van der Waals surface area contributed by atoms with Gasteiger partial charge in [-0.15, -0.1) is 0 Å². The van der Waals surface area contributed by atoms with Gasteiger partial charge >= 0.3 is 6.18 Å². The first-order valence-corrected chi connectivity index (χ1v) is 10.5. The minimum Gasteiger partial charge on any atom is -0.467 e. The van der Waals surface area contributed by atoms with Crippen molar-refractivity contribution in [2.45, 2.75) is 19.3 Å². The Labute approximate surface area is 194 Å². The SMILES string of the molecule is CN(C)c1c(CN(Cc2ccco2)C(=O)c2ccccc2)c(C(F)(F)F)nn1-c1ccccc1. The molecule has 0 atom stereocenters. The van der Waals surface area contributed by atoms with Gasteiger partial charge in [0.25, 0.3) is 5.91 Å². The van der Waals surface area contributed by atoms with Crippen molar-refractivity contribution in [2.75, 3.05) is 19.0 Å². The molecule has 0 aliphatic heterocycles. The van der Waals surface area contributed by atoms with Crippen molar-refractivity contribution in [2.24, 2.45) is 0 Å². The molecule has 4 aromatic rings. The lowest BCUT2D eigenvalue weighted by atomic mass is 10.1. The maximum Gasteiger partial charge on any atom is 0.435 e. The van der Waals surface area contributed by atoms with E-state index in [1.165, 1.54) is 15.8 Å². The van der Waals surface area contributed by atoms with Crippen molar-refractivity contribution in [3.63, 3.8) is 0 Å². The summed E-state index contributed by atoms with van der Waals surface area (Å²) < 4.78 is 49.1. The molecule has 1 amide bonds. The molecule has 0 aliphatic carbocycles.